The third-order valence-electron chi connectivity index (χ3n) is 2.89. The molecule has 0 aliphatic rings. The smallest absolute Gasteiger partial charge is 0.231 e. The van der Waals surface area contributed by atoms with Crippen LogP contribution in [0.1, 0.15) is 0 Å². The molecular weight excluding hydrogens is 457 g/mol. The number of pyridine rings is 1. The van der Waals surface area contributed by atoms with Gasteiger partial charge < -0.3 is 4.74 Å². The van der Waals surface area contributed by atoms with Crippen LogP contribution >= 0.6 is 34.2 Å². The van der Waals surface area contributed by atoms with Gasteiger partial charge in [0.1, 0.15) is 15.9 Å². The Labute approximate surface area is 149 Å². The summed E-state index contributed by atoms with van der Waals surface area (Å²) in [6.45, 7) is 5.11. The van der Waals surface area contributed by atoms with Crippen LogP contribution in [0, 0.1) is 3.70 Å². The van der Waals surface area contributed by atoms with Gasteiger partial charge in [-0.1, -0.05) is 24.7 Å². The molecule has 0 amide bonds. The first-order chi connectivity index (χ1) is 10.2. The van der Waals surface area contributed by atoms with E-state index in [1.807, 2.05) is 22.6 Å². The number of imidazole rings is 1. The van der Waals surface area contributed by atoms with Crippen molar-refractivity contribution in [2.24, 2.45) is 0 Å². The molecule has 6 nitrogen and oxygen atoms in total. The van der Waals surface area contributed by atoms with Crippen LogP contribution < -0.4 is 0 Å². The van der Waals surface area contributed by atoms with Crippen LogP contribution in [0.15, 0.2) is 11.2 Å². The average Bonchev–Trinajstić information content (AvgIpc) is 2.73. The van der Waals surface area contributed by atoms with E-state index in [1.165, 1.54) is 4.57 Å². The number of rotatable bonds is 6. The molecule has 0 fully saturated rings. The minimum absolute atomic E-state index is 0.0495. The van der Waals surface area contributed by atoms with Crippen LogP contribution in [0.3, 0.4) is 0 Å². The summed E-state index contributed by atoms with van der Waals surface area (Å²) in [5.74, 6) is 0. The normalized spacial score (nSPS) is 12.5. The summed E-state index contributed by atoms with van der Waals surface area (Å²) in [6.07, 6.45) is 1.12. The highest BCUT2D eigenvalue weighted by Gasteiger charge is 2.21. The number of ether oxygens (including phenoxy) is 1. The van der Waals surface area contributed by atoms with Crippen LogP contribution in [0.5, 0.6) is 0 Å². The van der Waals surface area contributed by atoms with Crippen molar-refractivity contribution >= 4 is 64.0 Å². The van der Waals surface area contributed by atoms with Crippen LogP contribution in [0.4, 0.5) is 0 Å². The van der Waals surface area contributed by atoms with Gasteiger partial charge in [-0.25, -0.2) is 18.4 Å². The zero-order valence-electron chi connectivity index (χ0n) is 12.4. The fourth-order valence-corrected chi connectivity index (χ4v) is 3.70. The van der Waals surface area contributed by atoms with Gasteiger partial charge in [0.05, 0.1) is 5.02 Å². The third kappa shape index (κ3) is 4.19. The Morgan fingerprint density at radius 1 is 1.41 bits per heavy atom. The Hall–Kier alpha value is -0.233. The molecule has 0 aliphatic carbocycles. The molecule has 1 radical (unpaired) electrons. The van der Waals surface area contributed by atoms with E-state index < -0.39 is 9.84 Å². The van der Waals surface area contributed by atoms with E-state index >= 15 is 0 Å². The summed E-state index contributed by atoms with van der Waals surface area (Å²) in [7, 11) is -3.85. The molecule has 0 aromatic carbocycles. The molecule has 22 heavy (non-hydrogen) atoms. The van der Waals surface area contributed by atoms with Crippen molar-refractivity contribution in [3.63, 3.8) is 0 Å². The third-order valence-corrected chi connectivity index (χ3v) is 6.50. The molecule has 2 rings (SSSR count). The first-order valence-corrected chi connectivity index (χ1v) is 12.5. The molecule has 121 valence electrons. The summed E-state index contributed by atoms with van der Waals surface area (Å²) in [5.41, 5.74) is 0.915. The van der Waals surface area contributed by atoms with E-state index in [9.17, 15) is 8.42 Å². The fraction of sp³-hybridized carbons (Fsp3) is 0.500. The van der Waals surface area contributed by atoms with Gasteiger partial charge in [-0.2, -0.15) is 0 Å². The average molecular weight is 473 g/mol. The van der Waals surface area contributed by atoms with E-state index in [1.54, 1.807) is 6.07 Å². The fourth-order valence-electron chi connectivity index (χ4n) is 1.81. The minimum Gasteiger partial charge on any atom is -0.361 e. The molecule has 2 aromatic rings. The lowest BCUT2D eigenvalue weighted by Gasteiger charge is -2.09. The summed E-state index contributed by atoms with van der Waals surface area (Å²) < 4.78 is 31.6. The lowest BCUT2D eigenvalue weighted by Crippen LogP contribution is -2.13. The van der Waals surface area contributed by atoms with Gasteiger partial charge in [-0.3, -0.25) is 4.57 Å². The lowest BCUT2D eigenvalue weighted by atomic mass is 10.4. The van der Waals surface area contributed by atoms with Gasteiger partial charge in [-0.05, 0) is 34.7 Å². The number of halogens is 2. The Bertz CT molecular complexity index is 795. The lowest BCUT2D eigenvalue weighted by molar-refractivity contribution is 0.0838. The Balaban J connectivity index is 2.42. The topological polar surface area (TPSA) is 74.1 Å². The second-order valence-electron chi connectivity index (χ2n) is 5.19. The number of hydrogen-bond donors (Lipinski definition) is 0. The van der Waals surface area contributed by atoms with Crippen molar-refractivity contribution in [1.29, 1.82) is 0 Å². The molecule has 0 saturated heterocycles. The maximum absolute atomic E-state index is 11.9. The maximum Gasteiger partial charge on any atom is 0.231 e. The predicted molar refractivity (Wildman–Crippen MR) is 96.6 cm³/mol. The largest absolute Gasteiger partial charge is 0.361 e. The van der Waals surface area contributed by atoms with Crippen LogP contribution in [0.2, 0.25) is 24.2 Å². The standard InChI is InChI=1S/C12H16ClIN3O3SSi/c1-21(18,19)12-15-9-6-8(13)10(14)16-11(9)17(12)7-20-4-5-22(2)3/h6H,4-5,7H2,1-3H3. The highest BCUT2D eigenvalue weighted by atomic mass is 127. The predicted octanol–water partition coefficient (Wildman–Crippen LogP) is 2.82. The van der Waals surface area contributed by atoms with E-state index in [-0.39, 0.29) is 20.7 Å². The molecule has 0 bridgehead atoms. The number of nitrogens with zero attached hydrogens (tertiary/aromatic N) is 3. The Morgan fingerprint density at radius 3 is 2.68 bits per heavy atom. The van der Waals surface area contributed by atoms with Crippen molar-refractivity contribution in [3.8, 4) is 0 Å². The monoisotopic (exact) mass is 472 g/mol. The van der Waals surface area contributed by atoms with Gasteiger partial charge in [-0.15, -0.1) is 0 Å². The Kier molecular flexibility index (Phi) is 5.86. The molecule has 2 aromatic heterocycles. The molecule has 2 heterocycles. The molecule has 0 spiro atoms. The molecule has 10 heteroatoms. The maximum atomic E-state index is 11.9. The van der Waals surface area contributed by atoms with Crippen molar-refractivity contribution in [3.05, 3.63) is 14.8 Å². The Morgan fingerprint density at radius 2 is 2.09 bits per heavy atom. The summed E-state index contributed by atoms with van der Waals surface area (Å²) >= 11 is 8.03. The number of sulfone groups is 1. The van der Waals surface area contributed by atoms with Crippen LogP contribution in [-0.2, 0) is 21.3 Å². The van der Waals surface area contributed by atoms with Gasteiger partial charge >= 0.3 is 0 Å². The molecule has 0 atom stereocenters. The molecular formula is C12H16ClIN3O3SSi. The van der Waals surface area contributed by atoms with Gasteiger partial charge in [0, 0.05) is 21.7 Å². The zero-order valence-corrected chi connectivity index (χ0v) is 17.2. The van der Waals surface area contributed by atoms with E-state index in [0.29, 0.717) is 26.5 Å². The molecule has 0 N–H and O–H groups in total. The van der Waals surface area contributed by atoms with Crippen LogP contribution in [-0.4, -0.2) is 44.6 Å². The summed E-state index contributed by atoms with van der Waals surface area (Å²) in [6, 6.07) is 2.62. The zero-order chi connectivity index (χ0) is 16.5. The van der Waals surface area contributed by atoms with Crippen LogP contribution in [0.25, 0.3) is 11.2 Å². The summed E-state index contributed by atoms with van der Waals surface area (Å²) in [5, 5.41) is 0.398. The quantitative estimate of drug-likeness (QED) is 0.280. The highest BCUT2D eigenvalue weighted by molar-refractivity contribution is 14.1. The number of aromatic nitrogens is 3. The van der Waals surface area contributed by atoms with Crippen molar-refractivity contribution < 1.29 is 13.2 Å². The van der Waals surface area contributed by atoms with E-state index in [4.69, 9.17) is 16.3 Å². The summed E-state index contributed by atoms with van der Waals surface area (Å²) in [4.78, 5) is 8.49. The van der Waals surface area contributed by atoms with Crippen molar-refractivity contribution in [2.75, 3.05) is 12.9 Å². The second kappa shape index (κ2) is 7.12. The number of hydrogen-bond acceptors (Lipinski definition) is 5. The minimum atomic E-state index is -3.48. The molecule has 0 aliphatic heterocycles. The highest BCUT2D eigenvalue weighted by Crippen LogP contribution is 2.24. The van der Waals surface area contributed by atoms with E-state index in [2.05, 4.69) is 23.1 Å². The van der Waals surface area contributed by atoms with Crippen molar-refractivity contribution in [1.82, 2.24) is 14.5 Å². The SMILES string of the molecule is C[Si](C)CCOCn1c(S(C)(=O)=O)nc2cc(Cl)c(I)nc21. The van der Waals surface area contributed by atoms with Gasteiger partial charge in [0.25, 0.3) is 0 Å². The first kappa shape index (κ1) is 18.1. The molecule has 0 saturated carbocycles. The number of fused-ring (bicyclic) bond motifs is 1. The van der Waals surface area contributed by atoms with Crippen molar-refractivity contribution in [2.45, 2.75) is 31.0 Å². The van der Waals surface area contributed by atoms with Gasteiger partial charge in [0.2, 0.25) is 15.0 Å². The first-order valence-electron chi connectivity index (χ1n) is 6.49. The van der Waals surface area contributed by atoms with Gasteiger partial charge in [0.15, 0.2) is 5.65 Å². The van der Waals surface area contributed by atoms with E-state index in [0.717, 1.165) is 12.3 Å². The molecule has 0 unspecified atom stereocenters. The second-order valence-corrected chi connectivity index (χ2v) is 11.4.